The summed E-state index contributed by atoms with van der Waals surface area (Å²) in [6, 6.07) is 7.52. The molecule has 0 aliphatic heterocycles. The number of rotatable bonds is 1. The molecule has 0 amide bonds. The van der Waals surface area contributed by atoms with E-state index in [1.165, 1.54) is 0 Å². The molecule has 0 atom stereocenters. The Kier molecular flexibility index (Phi) is 3.50. The summed E-state index contributed by atoms with van der Waals surface area (Å²) in [4.78, 5) is 7.85. The third kappa shape index (κ3) is 2.44. The van der Waals surface area contributed by atoms with Crippen molar-refractivity contribution < 1.29 is 0 Å². The van der Waals surface area contributed by atoms with Gasteiger partial charge in [0.1, 0.15) is 17.5 Å². The molecule has 1 heterocycles. The van der Waals surface area contributed by atoms with E-state index in [0.29, 0.717) is 5.69 Å². The van der Waals surface area contributed by atoms with Crippen LogP contribution in [0.2, 0.25) is 0 Å². The molecule has 5 nitrogen and oxygen atoms in total. The third-order valence-corrected chi connectivity index (χ3v) is 3.12. The molecule has 1 aromatic carbocycles. The highest BCUT2D eigenvalue weighted by Crippen LogP contribution is 2.30. The average Bonchev–Trinajstić information content (AvgIpc) is 2.26. The van der Waals surface area contributed by atoms with Gasteiger partial charge in [-0.05, 0) is 18.2 Å². The Hall–Kier alpha value is -1.65. The number of hydrogen-bond donors (Lipinski definition) is 2. The summed E-state index contributed by atoms with van der Waals surface area (Å²) in [6.45, 7) is 0. The molecule has 0 radical (unpaired) electrons. The Morgan fingerprint density at radius 3 is 2.22 bits per heavy atom. The number of nitriles is 1. The van der Waals surface area contributed by atoms with E-state index in [1.54, 1.807) is 0 Å². The number of anilines is 2. The minimum absolute atomic E-state index is 0.0394. The summed E-state index contributed by atoms with van der Waals surface area (Å²) in [5, 5.41) is 9.12. The Balaban J connectivity index is 2.74. The first-order chi connectivity index (χ1) is 8.51. The molecule has 0 unspecified atom stereocenters. The van der Waals surface area contributed by atoms with Crippen LogP contribution >= 0.6 is 31.9 Å². The van der Waals surface area contributed by atoms with Gasteiger partial charge in [0.25, 0.3) is 0 Å². The van der Waals surface area contributed by atoms with Crippen LogP contribution in [-0.2, 0) is 0 Å². The molecule has 0 aliphatic rings. The van der Waals surface area contributed by atoms with Gasteiger partial charge in [0.2, 0.25) is 5.95 Å². The van der Waals surface area contributed by atoms with Crippen molar-refractivity contribution >= 4 is 43.6 Å². The maximum atomic E-state index is 9.12. The van der Waals surface area contributed by atoms with Crippen molar-refractivity contribution in [1.29, 1.82) is 5.26 Å². The second-order valence-electron chi connectivity index (χ2n) is 3.46. The molecular formula is C11H7Br2N5. The predicted molar refractivity (Wildman–Crippen MR) is 76.4 cm³/mol. The van der Waals surface area contributed by atoms with E-state index in [9.17, 15) is 0 Å². The van der Waals surface area contributed by atoms with Gasteiger partial charge in [-0.3, -0.25) is 0 Å². The highest BCUT2D eigenvalue weighted by molar-refractivity contribution is 9.11. The summed E-state index contributed by atoms with van der Waals surface area (Å²) in [7, 11) is 0. The first-order valence-electron chi connectivity index (χ1n) is 4.81. The van der Waals surface area contributed by atoms with Crippen molar-refractivity contribution in [1.82, 2.24) is 9.97 Å². The van der Waals surface area contributed by atoms with Gasteiger partial charge in [0.15, 0.2) is 0 Å². The van der Waals surface area contributed by atoms with Crippen molar-refractivity contribution in [3.63, 3.8) is 0 Å². The summed E-state index contributed by atoms with van der Waals surface area (Å²) in [6.07, 6.45) is 0. The fraction of sp³-hybridized carbons (Fsp3) is 0. The highest BCUT2D eigenvalue weighted by atomic mass is 79.9. The van der Waals surface area contributed by atoms with Gasteiger partial charge >= 0.3 is 0 Å². The Labute approximate surface area is 120 Å². The van der Waals surface area contributed by atoms with E-state index in [2.05, 4.69) is 41.8 Å². The van der Waals surface area contributed by atoms with Gasteiger partial charge in [-0.15, -0.1) is 0 Å². The molecule has 0 spiro atoms. The van der Waals surface area contributed by atoms with Gasteiger partial charge in [-0.2, -0.15) is 10.2 Å². The molecular weight excluding hydrogens is 362 g/mol. The summed E-state index contributed by atoms with van der Waals surface area (Å²) >= 11 is 6.75. The quantitative estimate of drug-likeness (QED) is 0.805. The third-order valence-electron chi connectivity index (χ3n) is 2.20. The topological polar surface area (TPSA) is 102 Å². The lowest BCUT2D eigenvalue weighted by Gasteiger charge is -2.07. The smallest absolute Gasteiger partial charge is 0.222 e. The highest BCUT2D eigenvalue weighted by Gasteiger charge is 2.13. The second-order valence-corrected chi connectivity index (χ2v) is 5.29. The van der Waals surface area contributed by atoms with E-state index in [1.807, 2.05) is 24.3 Å². The van der Waals surface area contributed by atoms with Crippen LogP contribution in [0, 0.1) is 11.3 Å². The van der Waals surface area contributed by atoms with Crippen LogP contribution < -0.4 is 11.5 Å². The first-order valence-corrected chi connectivity index (χ1v) is 6.39. The molecule has 0 saturated heterocycles. The molecule has 2 rings (SSSR count). The SMILES string of the molecule is N#Cc1c(N)nc(N)nc1-c1cc(Br)cc(Br)c1. The van der Waals surface area contributed by atoms with Crippen molar-refractivity contribution in [3.8, 4) is 17.3 Å². The second kappa shape index (κ2) is 4.92. The van der Waals surface area contributed by atoms with Crippen LogP contribution in [0.1, 0.15) is 5.56 Å². The lowest BCUT2D eigenvalue weighted by molar-refractivity contribution is 1.18. The standard InChI is InChI=1S/C11H7Br2N5/c12-6-1-5(2-7(13)3-6)9-8(4-14)10(15)18-11(16)17-9/h1-3H,(H4,15,16,17,18). The average molecular weight is 369 g/mol. The summed E-state index contributed by atoms with van der Waals surface area (Å²) in [5.41, 5.74) is 12.6. The minimum atomic E-state index is 0.0394. The fourth-order valence-electron chi connectivity index (χ4n) is 1.51. The van der Waals surface area contributed by atoms with Crippen LogP contribution in [0.3, 0.4) is 0 Å². The maximum Gasteiger partial charge on any atom is 0.222 e. The van der Waals surface area contributed by atoms with Gasteiger partial charge < -0.3 is 11.5 Å². The zero-order valence-corrected chi connectivity index (χ0v) is 12.2. The molecule has 0 fully saturated rings. The van der Waals surface area contributed by atoms with Crippen molar-refractivity contribution in [2.75, 3.05) is 11.5 Å². The van der Waals surface area contributed by atoms with Crippen molar-refractivity contribution in [3.05, 3.63) is 32.7 Å². The number of halogens is 2. The maximum absolute atomic E-state index is 9.12. The zero-order valence-electron chi connectivity index (χ0n) is 8.98. The summed E-state index contributed by atoms with van der Waals surface area (Å²) < 4.78 is 1.71. The Bertz CT molecular complexity index is 643. The number of nitrogens with zero attached hydrogens (tertiary/aromatic N) is 3. The van der Waals surface area contributed by atoms with Crippen LogP contribution in [0.25, 0.3) is 11.3 Å². The van der Waals surface area contributed by atoms with E-state index in [-0.39, 0.29) is 17.3 Å². The monoisotopic (exact) mass is 367 g/mol. The van der Waals surface area contributed by atoms with E-state index in [4.69, 9.17) is 16.7 Å². The lowest BCUT2D eigenvalue weighted by atomic mass is 10.1. The van der Waals surface area contributed by atoms with E-state index >= 15 is 0 Å². The number of nitrogen functional groups attached to an aromatic ring is 2. The molecule has 4 N–H and O–H groups in total. The van der Waals surface area contributed by atoms with Crippen LogP contribution in [-0.4, -0.2) is 9.97 Å². The van der Waals surface area contributed by atoms with E-state index in [0.717, 1.165) is 14.5 Å². The van der Waals surface area contributed by atoms with Gasteiger partial charge in [0.05, 0.1) is 5.69 Å². The van der Waals surface area contributed by atoms with Crippen LogP contribution in [0.4, 0.5) is 11.8 Å². The minimum Gasteiger partial charge on any atom is -0.382 e. The van der Waals surface area contributed by atoms with E-state index < -0.39 is 0 Å². The van der Waals surface area contributed by atoms with Gasteiger partial charge in [-0.25, -0.2) is 4.98 Å². The van der Waals surface area contributed by atoms with Crippen molar-refractivity contribution in [2.24, 2.45) is 0 Å². The fourth-order valence-corrected chi connectivity index (χ4v) is 2.80. The first kappa shape index (κ1) is 12.8. The number of aromatic nitrogens is 2. The van der Waals surface area contributed by atoms with Gasteiger partial charge in [-0.1, -0.05) is 31.9 Å². The Morgan fingerprint density at radius 2 is 1.67 bits per heavy atom. The number of nitrogens with two attached hydrogens (primary N) is 2. The van der Waals surface area contributed by atoms with Crippen LogP contribution in [0.5, 0.6) is 0 Å². The molecule has 1 aromatic heterocycles. The molecule has 0 saturated carbocycles. The zero-order chi connectivity index (χ0) is 13.3. The lowest BCUT2D eigenvalue weighted by Crippen LogP contribution is -2.04. The molecule has 0 aliphatic carbocycles. The molecule has 2 aromatic rings. The normalized spacial score (nSPS) is 10.1. The molecule has 7 heteroatoms. The number of benzene rings is 1. The Morgan fingerprint density at radius 1 is 1.06 bits per heavy atom. The summed E-state index contributed by atoms with van der Waals surface area (Å²) in [5.74, 6) is 0.119. The molecule has 18 heavy (non-hydrogen) atoms. The predicted octanol–water partition coefficient (Wildman–Crippen LogP) is 2.70. The van der Waals surface area contributed by atoms with Gasteiger partial charge in [0, 0.05) is 14.5 Å². The number of hydrogen-bond acceptors (Lipinski definition) is 5. The molecule has 90 valence electrons. The van der Waals surface area contributed by atoms with Crippen molar-refractivity contribution in [2.45, 2.75) is 0 Å². The van der Waals surface area contributed by atoms with Crippen LogP contribution in [0.15, 0.2) is 27.1 Å². The molecule has 0 bridgehead atoms. The largest absolute Gasteiger partial charge is 0.382 e.